The Morgan fingerprint density at radius 3 is 2.60 bits per heavy atom. The average molecular weight is 339 g/mol. The molecule has 5 nitrogen and oxygen atoms in total. The third kappa shape index (κ3) is 2.96. The second-order valence-electron chi connectivity index (χ2n) is 7.73. The molecule has 25 heavy (non-hydrogen) atoms. The molecular formula is C20H25N3O2. The molecule has 2 saturated carbocycles. The number of aromatic amines is 1. The molecule has 1 heterocycles. The Morgan fingerprint density at radius 2 is 1.92 bits per heavy atom. The van der Waals surface area contributed by atoms with Gasteiger partial charge < -0.3 is 9.88 Å². The molecule has 5 heteroatoms. The van der Waals surface area contributed by atoms with Crippen LogP contribution in [-0.4, -0.2) is 26.8 Å². The Bertz CT molecular complexity index is 845. The van der Waals surface area contributed by atoms with Gasteiger partial charge in [-0.25, -0.2) is 4.98 Å². The number of H-pyrrole nitrogens is 1. The normalized spacial score (nSPS) is 25.0. The number of nitrogens with one attached hydrogen (secondary N) is 1. The van der Waals surface area contributed by atoms with Crippen LogP contribution in [0.2, 0.25) is 0 Å². The summed E-state index contributed by atoms with van der Waals surface area (Å²) < 4.78 is 0. The minimum absolute atomic E-state index is 0.0897. The van der Waals surface area contributed by atoms with E-state index in [4.69, 9.17) is 0 Å². The van der Waals surface area contributed by atoms with Crippen LogP contribution in [0.3, 0.4) is 0 Å². The Hall–Kier alpha value is -2.17. The fourth-order valence-corrected chi connectivity index (χ4v) is 4.44. The topological polar surface area (TPSA) is 66.1 Å². The highest BCUT2D eigenvalue weighted by Crippen LogP contribution is 2.56. The van der Waals surface area contributed by atoms with Gasteiger partial charge in [-0.05, 0) is 50.7 Å². The molecule has 0 radical (unpaired) electrons. The van der Waals surface area contributed by atoms with Crippen molar-refractivity contribution in [3.8, 4) is 0 Å². The van der Waals surface area contributed by atoms with Crippen molar-refractivity contribution in [2.75, 3.05) is 0 Å². The molecule has 132 valence electrons. The third-order valence-corrected chi connectivity index (χ3v) is 5.83. The molecular weight excluding hydrogens is 314 g/mol. The number of para-hydroxylation sites is 1. The van der Waals surface area contributed by atoms with Gasteiger partial charge in [-0.2, -0.15) is 0 Å². The van der Waals surface area contributed by atoms with E-state index >= 15 is 0 Å². The predicted octanol–water partition coefficient (Wildman–Crippen LogP) is 3.10. The van der Waals surface area contributed by atoms with E-state index in [0.717, 1.165) is 0 Å². The molecule has 2 aliphatic carbocycles. The Balaban J connectivity index is 1.58. The number of hydrogen-bond donors (Lipinski definition) is 1. The number of benzene rings is 1. The van der Waals surface area contributed by atoms with E-state index in [1.807, 2.05) is 36.9 Å². The number of carbonyl (C=O) groups is 1. The van der Waals surface area contributed by atoms with Crippen molar-refractivity contribution in [1.82, 2.24) is 14.9 Å². The Kier molecular flexibility index (Phi) is 4.10. The molecule has 0 saturated heterocycles. The van der Waals surface area contributed by atoms with Crippen LogP contribution in [-0.2, 0) is 11.3 Å². The maximum atomic E-state index is 13.1. The van der Waals surface area contributed by atoms with Crippen molar-refractivity contribution in [2.45, 2.75) is 52.1 Å². The standard InChI is InChI=1S/C20H25N3O2/c1-12(2)23(20(25)18-13-7-3-4-8-14(13)18)11-17-21-16-10-6-5-9-15(16)19(24)22-17/h5-6,9-10,12-14,18H,3-4,7-8,11H2,1-2H3,(H,21,22,24). The van der Waals surface area contributed by atoms with Gasteiger partial charge in [0, 0.05) is 12.0 Å². The van der Waals surface area contributed by atoms with Crippen molar-refractivity contribution < 1.29 is 4.79 Å². The number of aromatic nitrogens is 2. The fraction of sp³-hybridized carbons (Fsp3) is 0.550. The molecule has 2 aromatic rings. The van der Waals surface area contributed by atoms with Gasteiger partial charge in [0.25, 0.3) is 5.56 Å². The SMILES string of the molecule is CC(C)N(Cc1nc2ccccc2c(=O)[nH]1)C(=O)C1C2CCCCC21. The summed E-state index contributed by atoms with van der Waals surface area (Å²) in [6.45, 7) is 4.43. The molecule has 1 aromatic carbocycles. The van der Waals surface area contributed by atoms with E-state index in [-0.39, 0.29) is 23.4 Å². The smallest absolute Gasteiger partial charge is 0.258 e. The number of nitrogens with zero attached hydrogens (tertiary/aromatic N) is 2. The summed E-state index contributed by atoms with van der Waals surface area (Å²) in [5.41, 5.74) is 0.536. The molecule has 0 spiro atoms. The lowest BCUT2D eigenvalue weighted by Crippen LogP contribution is -2.39. The minimum atomic E-state index is -0.142. The second-order valence-corrected chi connectivity index (χ2v) is 7.73. The fourth-order valence-electron chi connectivity index (χ4n) is 4.44. The van der Waals surface area contributed by atoms with Gasteiger partial charge in [-0.3, -0.25) is 9.59 Å². The van der Waals surface area contributed by atoms with Crippen molar-refractivity contribution >= 4 is 16.8 Å². The lowest BCUT2D eigenvalue weighted by Gasteiger charge is -2.26. The summed E-state index contributed by atoms with van der Waals surface area (Å²) in [5.74, 6) is 2.17. The van der Waals surface area contributed by atoms with Crippen molar-refractivity contribution in [3.05, 3.63) is 40.4 Å². The highest BCUT2D eigenvalue weighted by atomic mass is 16.2. The molecule has 2 atom stereocenters. The van der Waals surface area contributed by atoms with Crippen LogP contribution in [0.1, 0.15) is 45.4 Å². The number of rotatable bonds is 4. The van der Waals surface area contributed by atoms with Crippen LogP contribution in [0, 0.1) is 17.8 Å². The molecule has 0 bridgehead atoms. The van der Waals surface area contributed by atoms with Gasteiger partial charge in [-0.1, -0.05) is 25.0 Å². The molecule has 1 aromatic heterocycles. The number of carbonyl (C=O) groups excluding carboxylic acids is 1. The monoisotopic (exact) mass is 339 g/mol. The number of amides is 1. The van der Waals surface area contributed by atoms with Crippen LogP contribution in [0.25, 0.3) is 10.9 Å². The van der Waals surface area contributed by atoms with Gasteiger partial charge in [-0.15, -0.1) is 0 Å². The van der Waals surface area contributed by atoms with E-state index in [1.54, 1.807) is 6.07 Å². The zero-order valence-corrected chi connectivity index (χ0v) is 14.9. The highest BCUT2D eigenvalue weighted by Gasteiger charge is 2.55. The minimum Gasteiger partial charge on any atom is -0.333 e. The first kappa shape index (κ1) is 16.3. The molecule has 4 rings (SSSR count). The second kappa shape index (κ2) is 6.28. The van der Waals surface area contributed by atoms with Gasteiger partial charge in [0.2, 0.25) is 5.91 Å². The highest BCUT2D eigenvalue weighted by molar-refractivity contribution is 5.83. The van der Waals surface area contributed by atoms with E-state index in [1.165, 1.54) is 25.7 Å². The lowest BCUT2D eigenvalue weighted by molar-refractivity contribution is -0.135. The number of hydrogen-bond acceptors (Lipinski definition) is 3. The first-order valence-corrected chi connectivity index (χ1v) is 9.34. The van der Waals surface area contributed by atoms with Crippen LogP contribution in [0.15, 0.2) is 29.1 Å². The van der Waals surface area contributed by atoms with Gasteiger partial charge in [0.05, 0.1) is 17.4 Å². The van der Waals surface area contributed by atoms with Crippen molar-refractivity contribution in [2.24, 2.45) is 17.8 Å². The van der Waals surface area contributed by atoms with E-state index < -0.39 is 0 Å². The largest absolute Gasteiger partial charge is 0.333 e. The molecule has 0 aliphatic heterocycles. The van der Waals surface area contributed by atoms with Gasteiger partial charge in [0.15, 0.2) is 0 Å². The zero-order chi connectivity index (χ0) is 17.6. The molecule has 1 N–H and O–H groups in total. The van der Waals surface area contributed by atoms with Crippen LogP contribution in [0.4, 0.5) is 0 Å². The van der Waals surface area contributed by atoms with E-state index in [2.05, 4.69) is 9.97 Å². The van der Waals surface area contributed by atoms with Crippen LogP contribution < -0.4 is 5.56 Å². The Labute approximate surface area is 147 Å². The molecule has 1 amide bonds. The van der Waals surface area contributed by atoms with Crippen molar-refractivity contribution in [1.29, 1.82) is 0 Å². The summed E-state index contributed by atoms with van der Waals surface area (Å²) in [6, 6.07) is 7.40. The predicted molar refractivity (Wildman–Crippen MR) is 97.0 cm³/mol. The number of fused-ring (bicyclic) bond motifs is 2. The summed E-state index contributed by atoms with van der Waals surface area (Å²) >= 11 is 0. The average Bonchev–Trinajstić information content (AvgIpc) is 3.33. The van der Waals surface area contributed by atoms with Crippen LogP contribution in [0.5, 0.6) is 0 Å². The quantitative estimate of drug-likeness (QED) is 0.931. The Morgan fingerprint density at radius 1 is 1.24 bits per heavy atom. The maximum absolute atomic E-state index is 13.1. The van der Waals surface area contributed by atoms with Crippen molar-refractivity contribution in [3.63, 3.8) is 0 Å². The molecule has 2 fully saturated rings. The van der Waals surface area contributed by atoms with Gasteiger partial charge >= 0.3 is 0 Å². The summed E-state index contributed by atoms with van der Waals surface area (Å²) in [4.78, 5) is 34.6. The first-order chi connectivity index (χ1) is 12.1. The van der Waals surface area contributed by atoms with Crippen LogP contribution >= 0.6 is 0 Å². The maximum Gasteiger partial charge on any atom is 0.258 e. The lowest BCUT2D eigenvalue weighted by atomic mass is 10.0. The van der Waals surface area contributed by atoms with E-state index in [9.17, 15) is 9.59 Å². The summed E-state index contributed by atoms with van der Waals surface area (Å²) in [7, 11) is 0. The summed E-state index contributed by atoms with van der Waals surface area (Å²) in [6.07, 6.45) is 4.90. The molecule has 2 unspecified atom stereocenters. The zero-order valence-electron chi connectivity index (χ0n) is 14.9. The molecule has 2 aliphatic rings. The van der Waals surface area contributed by atoms with Gasteiger partial charge in [0.1, 0.15) is 5.82 Å². The summed E-state index contributed by atoms with van der Waals surface area (Å²) in [5, 5.41) is 0.585. The first-order valence-electron chi connectivity index (χ1n) is 9.34. The third-order valence-electron chi connectivity index (χ3n) is 5.83. The van der Waals surface area contributed by atoms with E-state index in [0.29, 0.717) is 35.1 Å².